The predicted molar refractivity (Wildman–Crippen MR) is 99.1 cm³/mol. The van der Waals surface area contributed by atoms with Crippen LogP contribution >= 0.6 is 0 Å². The van der Waals surface area contributed by atoms with Crippen LogP contribution in [0.3, 0.4) is 0 Å². The van der Waals surface area contributed by atoms with Crippen LogP contribution in [0.4, 0.5) is 10.1 Å². The normalized spacial score (nSPS) is 11.0. The Hall–Kier alpha value is -3.29. The molecule has 8 heteroatoms. The van der Waals surface area contributed by atoms with Crippen LogP contribution in [0.25, 0.3) is 5.65 Å². The first-order valence-electron chi connectivity index (χ1n) is 8.47. The molecule has 0 aliphatic rings. The summed E-state index contributed by atoms with van der Waals surface area (Å²) in [6.45, 7) is 5.47. The van der Waals surface area contributed by atoms with Crippen molar-refractivity contribution in [2.45, 2.75) is 33.6 Å². The molecule has 140 valence electrons. The van der Waals surface area contributed by atoms with Crippen molar-refractivity contribution in [1.29, 1.82) is 0 Å². The van der Waals surface area contributed by atoms with E-state index >= 15 is 0 Å². The molecule has 0 bridgehead atoms. The number of nitrogens with one attached hydrogen (secondary N) is 1. The average Bonchev–Trinajstić information content (AvgIpc) is 3.02. The van der Waals surface area contributed by atoms with E-state index in [1.165, 1.54) is 12.3 Å². The van der Waals surface area contributed by atoms with Gasteiger partial charge in [-0.1, -0.05) is 6.07 Å². The summed E-state index contributed by atoms with van der Waals surface area (Å²) in [5.41, 5.74) is 9.33. The predicted octanol–water partition coefficient (Wildman–Crippen LogP) is 2.46. The van der Waals surface area contributed by atoms with Gasteiger partial charge in [0, 0.05) is 17.8 Å². The molecule has 0 spiro atoms. The van der Waals surface area contributed by atoms with E-state index in [4.69, 9.17) is 5.73 Å². The van der Waals surface area contributed by atoms with Crippen LogP contribution in [0.5, 0.6) is 0 Å². The summed E-state index contributed by atoms with van der Waals surface area (Å²) in [6.07, 6.45) is 1.95. The number of halogens is 1. The molecule has 0 fully saturated rings. The Morgan fingerprint density at radius 2 is 2.00 bits per heavy atom. The number of carbonyl (C=O) groups excluding carboxylic acids is 2. The third-order valence-corrected chi connectivity index (χ3v) is 4.47. The fourth-order valence-electron chi connectivity index (χ4n) is 3.03. The Bertz CT molecular complexity index is 1060. The molecule has 0 saturated carbocycles. The van der Waals surface area contributed by atoms with Crippen molar-refractivity contribution in [3.63, 3.8) is 0 Å². The first-order chi connectivity index (χ1) is 12.8. The van der Waals surface area contributed by atoms with Gasteiger partial charge in [0.1, 0.15) is 11.4 Å². The number of anilines is 1. The van der Waals surface area contributed by atoms with Crippen molar-refractivity contribution < 1.29 is 14.0 Å². The zero-order valence-electron chi connectivity index (χ0n) is 15.3. The van der Waals surface area contributed by atoms with Crippen molar-refractivity contribution in [3.8, 4) is 0 Å². The van der Waals surface area contributed by atoms with Crippen LogP contribution in [-0.4, -0.2) is 26.4 Å². The molecule has 3 rings (SSSR count). The minimum atomic E-state index is -0.594. The molecule has 2 amide bonds. The highest BCUT2D eigenvalue weighted by Crippen LogP contribution is 2.20. The Morgan fingerprint density at radius 1 is 1.26 bits per heavy atom. The summed E-state index contributed by atoms with van der Waals surface area (Å²) in [5, 5.41) is 6.76. The van der Waals surface area contributed by atoms with E-state index in [1.807, 2.05) is 13.8 Å². The fraction of sp³-hybridized carbons (Fsp3) is 0.263. The van der Waals surface area contributed by atoms with Gasteiger partial charge in [-0.05, 0) is 50.5 Å². The first kappa shape index (κ1) is 18.5. The third-order valence-electron chi connectivity index (χ3n) is 4.47. The second kappa shape index (κ2) is 7.14. The second-order valence-electron chi connectivity index (χ2n) is 6.45. The Labute approximate surface area is 155 Å². The van der Waals surface area contributed by atoms with Gasteiger partial charge in [-0.2, -0.15) is 5.10 Å². The Balaban J connectivity index is 1.79. The minimum absolute atomic E-state index is 0.159. The number of primary amides is 1. The van der Waals surface area contributed by atoms with Gasteiger partial charge in [-0.15, -0.1) is 0 Å². The number of carbonyl (C=O) groups is 2. The molecule has 0 radical (unpaired) electrons. The van der Waals surface area contributed by atoms with Crippen molar-refractivity contribution in [2.75, 3.05) is 5.32 Å². The fourth-order valence-corrected chi connectivity index (χ4v) is 3.03. The molecule has 0 unspecified atom stereocenters. The van der Waals surface area contributed by atoms with Gasteiger partial charge in [0.25, 0.3) is 5.91 Å². The Morgan fingerprint density at radius 3 is 2.70 bits per heavy atom. The highest BCUT2D eigenvalue weighted by Gasteiger charge is 2.17. The van der Waals surface area contributed by atoms with E-state index in [1.54, 1.807) is 23.6 Å². The van der Waals surface area contributed by atoms with Gasteiger partial charge in [-0.25, -0.2) is 13.9 Å². The molecule has 1 aromatic carbocycles. The topological polar surface area (TPSA) is 102 Å². The third kappa shape index (κ3) is 3.64. The monoisotopic (exact) mass is 369 g/mol. The number of amides is 2. The summed E-state index contributed by atoms with van der Waals surface area (Å²) in [4.78, 5) is 28.1. The number of rotatable bonds is 5. The maximum Gasteiger partial charge on any atom is 0.254 e. The number of fused-ring (bicyclic) bond motifs is 1. The lowest BCUT2D eigenvalue weighted by Crippen LogP contribution is -2.16. The van der Waals surface area contributed by atoms with Gasteiger partial charge in [-0.3, -0.25) is 9.59 Å². The lowest BCUT2D eigenvalue weighted by Gasteiger charge is -2.12. The van der Waals surface area contributed by atoms with Gasteiger partial charge >= 0.3 is 0 Å². The van der Waals surface area contributed by atoms with E-state index in [2.05, 4.69) is 15.4 Å². The number of nitrogens with two attached hydrogens (primary N) is 1. The number of hydrogen-bond acceptors (Lipinski definition) is 4. The van der Waals surface area contributed by atoms with Gasteiger partial charge in [0.15, 0.2) is 5.65 Å². The van der Waals surface area contributed by atoms with Crippen LogP contribution in [0.2, 0.25) is 0 Å². The van der Waals surface area contributed by atoms with E-state index in [0.717, 1.165) is 16.8 Å². The first-order valence-corrected chi connectivity index (χ1v) is 8.47. The lowest BCUT2D eigenvalue weighted by molar-refractivity contribution is -0.116. The smallest absolute Gasteiger partial charge is 0.254 e. The molecule has 0 aliphatic heterocycles. The molecule has 3 N–H and O–H groups in total. The van der Waals surface area contributed by atoms with Crippen LogP contribution in [0.1, 0.15) is 39.3 Å². The summed E-state index contributed by atoms with van der Waals surface area (Å²) in [7, 11) is 0. The summed E-state index contributed by atoms with van der Waals surface area (Å²) < 4.78 is 15.3. The largest absolute Gasteiger partial charge is 0.365 e. The molecule has 2 aromatic heterocycles. The average molecular weight is 369 g/mol. The molecular weight excluding hydrogens is 349 g/mol. The van der Waals surface area contributed by atoms with E-state index < -0.39 is 11.7 Å². The summed E-state index contributed by atoms with van der Waals surface area (Å²) in [5.74, 6) is -1.36. The van der Waals surface area contributed by atoms with Gasteiger partial charge in [0.05, 0.1) is 11.9 Å². The van der Waals surface area contributed by atoms with Crippen molar-refractivity contribution >= 4 is 23.1 Å². The summed E-state index contributed by atoms with van der Waals surface area (Å²) in [6, 6.07) is 4.56. The Kier molecular flexibility index (Phi) is 4.89. The van der Waals surface area contributed by atoms with Crippen LogP contribution < -0.4 is 11.1 Å². The van der Waals surface area contributed by atoms with Crippen molar-refractivity contribution in [2.24, 2.45) is 5.73 Å². The number of aryl methyl sites for hydroxylation is 3. The molecule has 7 nitrogen and oxygen atoms in total. The number of aromatic nitrogens is 3. The molecule has 2 heterocycles. The SMILES string of the molecule is Cc1ccc(F)c(NC(=O)CCc2c(C)nc3c(C(N)=O)cnn3c2C)c1. The maximum atomic E-state index is 13.8. The number of hydrogen-bond donors (Lipinski definition) is 2. The molecule has 0 atom stereocenters. The van der Waals surface area contributed by atoms with E-state index in [0.29, 0.717) is 17.8 Å². The standard InChI is InChI=1S/C19H20FN5O2/c1-10-4-6-15(20)16(8-10)24-17(26)7-5-13-11(2)23-19-14(18(21)27)9-22-25(19)12(13)3/h4,6,8-9H,5,7H2,1-3H3,(H2,21,27)(H,24,26). The van der Waals surface area contributed by atoms with Gasteiger partial charge in [0.2, 0.25) is 5.91 Å². The number of benzene rings is 1. The summed E-state index contributed by atoms with van der Waals surface area (Å²) >= 11 is 0. The zero-order valence-corrected chi connectivity index (χ0v) is 15.3. The van der Waals surface area contributed by atoms with Crippen molar-refractivity contribution in [1.82, 2.24) is 14.6 Å². The second-order valence-corrected chi connectivity index (χ2v) is 6.45. The molecular formula is C19H20FN5O2. The van der Waals surface area contributed by atoms with Crippen LogP contribution in [0, 0.1) is 26.6 Å². The molecule has 3 aromatic rings. The quantitative estimate of drug-likeness (QED) is 0.721. The highest BCUT2D eigenvalue weighted by atomic mass is 19.1. The zero-order chi connectivity index (χ0) is 19.7. The maximum absolute atomic E-state index is 13.8. The van der Waals surface area contributed by atoms with E-state index in [9.17, 15) is 14.0 Å². The minimum Gasteiger partial charge on any atom is -0.365 e. The van der Waals surface area contributed by atoms with Crippen LogP contribution in [0.15, 0.2) is 24.4 Å². The highest BCUT2D eigenvalue weighted by molar-refractivity contribution is 5.98. The van der Waals surface area contributed by atoms with Gasteiger partial charge < -0.3 is 11.1 Å². The molecule has 0 saturated heterocycles. The lowest BCUT2D eigenvalue weighted by atomic mass is 10.1. The van der Waals surface area contributed by atoms with E-state index in [-0.39, 0.29) is 23.6 Å². The van der Waals surface area contributed by atoms with Crippen LogP contribution in [-0.2, 0) is 11.2 Å². The van der Waals surface area contributed by atoms with Crippen molar-refractivity contribution in [3.05, 3.63) is 58.3 Å². The molecule has 27 heavy (non-hydrogen) atoms. The number of nitrogens with zero attached hydrogens (tertiary/aromatic N) is 3. The molecule has 0 aliphatic carbocycles.